The van der Waals surface area contributed by atoms with Crippen LogP contribution in [-0.4, -0.2) is 23.6 Å². The lowest BCUT2D eigenvalue weighted by molar-refractivity contribution is 0.716. The molecular weight excluding hydrogens is 144 g/mol. The summed E-state index contributed by atoms with van der Waals surface area (Å²) in [4.78, 5) is 0. The van der Waals surface area contributed by atoms with E-state index in [9.17, 15) is 0 Å². The van der Waals surface area contributed by atoms with Gasteiger partial charge in [0.1, 0.15) is 0 Å². The Morgan fingerprint density at radius 3 is 2.70 bits per heavy atom. The van der Waals surface area contributed by atoms with Crippen LogP contribution in [-0.2, 0) is 0 Å². The van der Waals surface area contributed by atoms with Crippen LogP contribution in [0.5, 0.6) is 0 Å². The molecule has 2 unspecified atom stereocenters. The van der Waals surface area contributed by atoms with Gasteiger partial charge in [-0.3, -0.25) is 0 Å². The lowest BCUT2D eigenvalue weighted by Gasteiger charge is -2.13. The minimum absolute atomic E-state index is 0.441. The first-order valence-electron chi connectivity index (χ1n) is 3.92. The average molecular weight is 160 g/mol. The normalized spacial score (nSPS) is 33.0. The molecule has 0 radical (unpaired) electrons. The van der Waals surface area contributed by atoms with E-state index < -0.39 is 0 Å². The summed E-state index contributed by atoms with van der Waals surface area (Å²) in [6.07, 6.45) is 3.82. The van der Waals surface area contributed by atoms with Gasteiger partial charge in [0.15, 0.2) is 0 Å². The molecule has 1 aliphatic rings. The second kappa shape index (κ2) is 4.21. The Bertz CT molecular complexity index is 97.6. The van der Waals surface area contributed by atoms with Crippen molar-refractivity contribution in [3.63, 3.8) is 0 Å². The Kier molecular flexibility index (Phi) is 3.52. The largest absolute Gasteiger partial charge is 0.330 e. The highest BCUT2D eigenvalue weighted by atomic mass is 32.2. The second-order valence-corrected chi connectivity index (χ2v) is 4.14. The zero-order valence-corrected chi connectivity index (χ0v) is 7.07. The summed E-state index contributed by atoms with van der Waals surface area (Å²) >= 11 is 1.94. The molecule has 10 heavy (non-hydrogen) atoms. The third-order valence-corrected chi connectivity index (χ3v) is 3.44. The van der Waals surface area contributed by atoms with Crippen molar-refractivity contribution >= 4 is 11.8 Å². The molecule has 1 saturated carbocycles. The molecule has 4 N–H and O–H groups in total. The summed E-state index contributed by atoms with van der Waals surface area (Å²) in [6.45, 7) is 0.786. The predicted molar refractivity (Wildman–Crippen MR) is 47.1 cm³/mol. The van der Waals surface area contributed by atoms with Gasteiger partial charge in [0.2, 0.25) is 0 Å². The number of hydrogen-bond donors (Lipinski definition) is 2. The second-order valence-electron chi connectivity index (χ2n) is 2.79. The summed E-state index contributed by atoms with van der Waals surface area (Å²) < 4.78 is 0. The van der Waals surface area contributed by atoms with Crippen molar-refractivity contribution in [2.75, 3.05) is 12.3 Å². The molecule has 1 fully saturated rings. The van der Waals surface area contributed by atoms with Crippen molar-refractivity contribution < 1.29 is 0 Å². The maximum atomic E-state index is 5.86. The van der Waals surface area contributed by atoms with Gasteiger partial charge in [-0.1, -0.05) is 6.42 Å². The van der Waals surface area contributed by atoms with Crippen LogP contribution in [0, 0.1) is 0 Å². The van der Waals surface area contributed by atoms with Gasteiger partial charge in [-0.05, 0) is 12.8 Å². The number of thioether (sulfide) groups is 1. The lowest BCUT2D eigenvalue weighted by Crippen LogP contribution is -2.27. The van der Waals surface area contributed by atoms with E-state index >= 15 is 0 Å². The molecule has 60 valence electrons. The topological polar surface area (TPSA) is 52.0 Å². The highest BCUT2D eigenvalue weighted by Crippen LogP contribution is 2.27. The number of rotatable bonds is 3. The molecule has 0 spiro atoms. The molecule has 0 aromatic rings. The Morgan fingerprint density at radius 2 is 2.20 bits per heavy atom. The summed E-state index contributed by atoms with van der Waals surface area (Å²) in [5.74, 6) is 1.07. The van der Waals surface area contributed by atoms with Crippen LogP contribution in [0.1, 0.15) is 19.3 Å². The van der Waals surface area contributed by atoms with Crippen LogP contribution >= 0.6 is 11.8 Å². The Morgan fingerprint density at radius 1 is 1.40 bits per heavy atom. The fourth-order valence-corrected chi connectivity index (χ4v) is 2.54. The smallest absolute Gasteiger partial charge is 0.0199 e. The van der Waals surface area contributed by atoms with Crippen molar-refractivity contribution in [3.05, 3.63) is 0 Å². The number of hydrogen-bond acceptors (Lipinski definition) is 3. The molecule has 0 bridgehead atoms. The first-order chi connectivity index (χ1) is 4.84. The zero-order chi connectivity index (χ0) is 7.40. The standard InChI is InChI=1S/C7H16N2S/c8-4-5-10-7-3-1-2-6(7)9/h6-7H,1-5,8-9H2. The van der Waals surface area contributed by atoms with E-state index in [1.807, 2.05) is 11.8 Å². The maximum Gasteiger partial charge on any atom is 0.0199 e. The van der Waals surface area contributed by atoms with Crippen LogP contribution in [0.25, 0.3) is 0 Å². The van der Waals surface area contributed by atoms with Crippen LogP contribution in [0.2, 0.25) is 0 Å². The van der Waals surface area contributed by atoms with Crippen molar-refractivity contribution in [1.29, 1.82) is 0 Å². The molecule has 0 aromatic carbocycles. The third-order valence-electron chi connectivity index (χ3n) is 1.95. The lowest BCUT2D eigenvalue weighted by atomic mass is 10.3. The van der Waals surface area contributed by atoms with Crippen molar-refractivity contribution in [2.24, 2.45) is 11.5 Å². The van der Waals surface area contributed by atoms with Gasteiger partial charge in [0, 0.05) is 23.6 Å². The summed E-state index contributed by atoms with van der Waals surface area (Å²) in [6, 6.07) is 0.441. The van der Waals surface area contributed by atoms with Crippen LogP contribution in [0.4, 0.5) is 0 Å². The minimum atomic E-state index is 0.441. The highest BCUT2D eigenvalue weighted by Gasteiger charge is 2.23. The van der Waals surface area contributed by atoms with Gasteiger partial charge < -0.3 is 11.5 Å². The van der Waals surface area contributed by atoms with E-state index in [2.05, 4.69) is 0 Å². The maximum absolute atomic E-state index is 5.86. The molecular formula is C7H16N2S. The molecule has 2 nitrogen and oxygen atoms in total. The van der Waals surface area contributed by atoms with E-state index in [0.29, 0.717) is 11.3 Å². The summed E-state index contributed by atoms with van der Waals surface area (Å²) in [5, 5.41) is 0.698. The molecule has 1 rings (SSSR count). The van der Waals surface area contributed by atoms with Gasteiger partial charge in [-0.15, -0.1) is 0 Å². The van der Waals surface area contributed by atoms with E-state index in [4.69, 9.17) is 11.5 Å². The van der Waals surface area contributed by atoms with Crippen molar-refractivity contribution in [1.82, 2.24) is 0 Å². The molecule has 0 aliphatic heterocycles. The van der Waals surface area contributed by atoms with Crippen LogP contribution in [0.15, 0.2) is 0 Å². The molecule has 0 aromatic heterocycles. The highest BCUT2D eigenvalue weighted by molar-refractivity contribution is 8.00. The van der Waals surface area contributed by atoms with Crippen molar-refractivity contribution in [3.8, 4) is 0 Å². The SMILES string of the molecule is NCCSC1CCCC1N. The Hall–Kier alpha value is 0.270. The fourth-order valence-electron chi connectivity index (χ4n) is 1.38. The Balaban J connectivity index is 2.14. The van der Waals surface area contributed by atoms with Gasteiger partial charge in [0.05, 0.1) is 0 Å². The first-order valence-corrected chi connectivity index (χ1v) is 4.96. The molecule has 1 aliphatic carbocycles. The summed E-state index contributed by atoms with van der Waals surface area (Å²) in [7, 11) is 0. The van der Waals surface area contributed by atoms with E-state index in [1.54, 1.807) is 0 Å². The predicted octanol–water partition coefficient (Wildman–Crippen LogP) is 0.558. The van der Waals surface area contributed by atoms with Crippen molar-refractivity contribution in [2.45, 2.75) is 30.6 Å². The summed E-state index contributed by atoms with van der Waals surface area (Å²) in [5.41, 5.74) is 11.2. The molecule has 3 heteroatoms. The van der Waals surface area contributed by atoms with Gasteiger partial charge >= 0.3 is 0 Å². The quantitative estimate of drug-likeness (QED) is 0.634. The van der Waals surface area contributed by atoms with E-state index in [-0.39, 0.29) is 0 Å². The minimum Gasteiger partial charge on any atom is -0.330 e. The molecule has 0 saturated heterocycles. The van der Waals surface area contributed by atoms with Crippen LogP contribution < -0.4 is 11.5 Å². The molecule has 2 atom stereocenters. The van der Waals surface area contributed by atoms with Gasteiger partial charge in [-0.2, -0.15) is 11.8 Å². The van der Waals surface area contributed by atoms with Gasteiger partial charge in [0.25, 0.3) is 0 Å². The average Bonchev–Trinajstić information content (AvgIpc) is 2.31. The van der Waals surface area contributed by atoms with E-state index in [0.717, 1.165) is 12.3 Å². The first kappa shape index (κ1) is 8.37. The van der Waals surface area contributed by atoms with Crippen LogP contribution in [0.3, 0.4) is 0 Å². The Labute approximate surface area is 66.7 Å². The monoisotopic (exact) mass is 160 g/mol. The molecule has 0 amide bonds. The number of nitrogens with two attached hydrogens (primary N) is 2. The fraction of sp³-hybridized carbons (Fsp3) is 1.00. The van der Waals surface area contributed by atoms with E-state index in [1.165, 1.54) is 19.3 Å². The molecule has 0 heterocycles. The zero-order valence-electron chi connectivity index (χ0n) is 6.25. The third kappa shape index (κ3) is 2.15. The van der Waals surface area contributed by atoms with Gasteiger partial charge in [-0.25, -0.2) is 0 Å².